The smallest absolute Gasteiger partial charge is 0.343 e. The highest BCUT2D eigenvalue weighted by atomic mass is 19.1. The second-order valence-electron chi connectivity index (χ2n) is 10.6. The Morgan fingerprint density at radius 1 is 0.935 bits per heavy atom. The lowest BCUT2D eigenvalue weighted by molar-refractivity contribution is 0.0524. The van der Waals surface area contributed by atoms with Crippen molar-refractivity contribution in [3.8, 4) is 11.5 Å². The molecule has 0 aliphatic heterocycles. The Balaban J connectivity index is 1.70. The van der Waals surface area contributed by atoms with Gasteiger partial charge in [0.25, 0.3) is 5.91 Å². The van der Waals surface area contributed by atoms with Crippen LogP contribution in [0.3, 0.4) is 0 Å². The molecule has 0 aliphatic rings. The van der Waals surface area contributed by atoms with Crippen molar-refractivity contribution in [2.24, 2.45) is 0 Å². The van der Waals surface area contributed by atoms with Crippen LogP contribution in [0.1, 0.15) is 44.5 Å². The molecule has 5 aromatic rings. The van der Waals surface area contributed by atoms with Gasteiger partial charge in [-0.15, -0.1) is 0 Å². The number of hydrogen-bond donors (Lipinski definition) is 1. The fraction of sp³-hybridized carbons (Fsp3) is 0.200. The minimum absolute atomic E-state index is 0.0210. The fourth-order valence-electron chi connectivity index (χ4n) is 5.17. The molecule has 0 unspecified atom stereocenters. The summed E-state index contributed by atoms with van der Waals surface area (Å²) in [5.41, 5.74) is 0.870. The molecule has 46 heavy (non-hydrogen) atoms. The first-order valence-corrected chi connectivity index (χ1v) is 14.6. The molecule has 0 bridgehead atoms. The first-order valence-electron chi connectivity index (χ1n) is 14.6. The topological polar surface area (TPSA) is 103 Å². The van der Waals surface area contributed by atoms with Crippen molar-refractivity contribution in [2.45, 2.75) is 26.6 Å². The number of halogens is 2. The highest BCUT2D eigenvalue weighted by molar-refractivity contribution is 5.95. The van der Waals surface area contributed by atoms with Crippen LogP contribution in [0.25, 0.3) is 10.9 Å². The Kier molecular flexibility index (Phi) is 9.82. The molecule has 0 atom stereocenters. The Hall–Kier alpha value is -5.42. The van der Waals surface area contributed by atoms with Crippen LogP contribution in [0.2, 0.25) is 0 Å². The molecule has 1 N–H and O–H groups in total. The summed E-state index contributed by atoms with van der Waals surface area (Å²) in [5, 5.41) is 2.64. The van der Waals surface area contributed by atoms with E-state index in [4.69, 9.17) is 9.47 Å². The van der Waals surface area contributed by atoms with E-state index in [1.54, 1.807) is 25.1 Å². The van der Waals surface area contributed by atoms with E-state index >= 15 is 0 Å². The van der Waals surface area contributed by atoms with E-state index in [0.717, 1.165) is 17.7 Å². The van der Waals surface area contributed by atoms with Crippen LogP contribution in [0, 0.1) is 11.6 Å². The highest BCUT2D eigenvalue weighted by Gasteiger charge is 2.23. The van der Waals surface area contributed by atoms with Crippen LogP contribution in [-0.2, 0) is 24.4 Å². The summed E-state index contributed by atoms with van der Waals surface area (Å²) >= 11 is 0. The number of nitrogens with zero attached hydrogens (tertiary/aromatic N) is 3. The lowest BCUT2D eigenvalue weighted by atomic mass is 10.0. The number of benzene rings is 3. The van der Waals surface area contributed by atoms with E-state index in [0.29, 0.717) is 29.1 Å². The minimum atomic E-state index is -0.860. The number of rotatable bonds is 11. The number of esters is 1. The Bertz CT molecular complexity index is 1930. The molecule has 11 heteroatoms. The first-order chi connectivity index (χ1) is 22.2. The zero-order valence-corrected chi connectivity index (χ0v) is 25.6. The molecule has 0 fully saturated rings. The standard InChI is InChI=1S/C35H32F2N4O5/c1-4-45-35(44)26-21-41(20-24-27(36)11-8-12-28(24)37)30-15-16-31(46-23-13-14-29(39-17-23)34(43)38-2)25(32(30)33(26)42)19-40(3)18-22-9-6-5-7-10-22/h5-17,21H,4,18-20H2,1-3H3,(H,38,43). The van der Waals surface area contributed by atoms with Crippen LogP contribution < -0.4 is 15.5 Å². The summed E-state index contributed by atoms with van der Waals surface area (Å²) in [6.45, 7) is 2.05. The van der Waals surface area contributed by atoms with Crippen LogP contribution >= 0.6 is 0 Å². The quantitative estimate of drug-likeness (QED) is 0.188. The summed E-state index contributed by atoms with van der Waals surface area (Å²) in [6, 6.07) is 19.6. The van der Waals surface area contributed by atoms with Crippen molar-refractivity contribution in [1.82, 2.24) is 19.8 Å². The third-order valence-electron chi connectivity index (χ3n) is 7.35. The molecular weight excluding hydrogens is 594 g/mol. The number of nitrogens with one attached hydrogen (secondary N) is 1. The van der Waals surface area contributed by atoms with E-state index in [-0.39, 0.29) is 47.8 Å². The Labute approximate surface area is 264 Å². The van der Waals surface area contributed by atoms with Crippen LogP contribution in [0.15, 0.2) is 90.0 Å². The SMILES string of the molecule is CCOC(=O)c1cn(Cc2c(F)cccc2F)c2ccc(Oc3ccc(C(=O)NC)nc3)c(CN(C)Cc3ccccc3)c2c1=O. The van der Waals surface area contributed by atoms with Gasteiger partial charge in [0.05, 0.1) is 30.3 Å². The summed E-state index contributed by atoms with van der Waals surface area (Å²) in [6.07, 6.45) is 2.66. The molecule has 0 saturated heterocycles. The molecule has 2 aromatic heterocycles. The van der Waals surface area contributed by atoms with Gasteiger partial charge in [0.2, 0.25) is 5.43 Å². The maximum atomic E-state index is 14.8. The third-order valence-corrected chi connectivity index (χ3v) is 7.35. The predicted molar refractivity (Wildman–Crippen MR) is 169 cm³/mol. The maximum Gasteiger partial charge on any atom is 0.343 e. The molecule has 0 saturated carbocycles. The van der Waals surface area contributed by atoms with Crippen molar-refractivity contribution >= 4 is 22.8 Å². The fourth-order valence-corrected chi connectivity index (χ4v) is 5.17. The summed E-state index contributed by atoms with van der Waals surface area (Å²) in [5.74, 6) is -2.15. The molecular formula is C35H32F2N4O5. The van der Waals surface area contributed by atoms with Crippen molar-refractivity contribution in [1.29, 1.82) is 0 Å². The van der Waals surface area contributed by atoms with Gasteiger partial charge >= 0.3 is 5.97 Å². The number of fused-ring (bicyclic) bond motifs is 1. The van der Waals surface area contributed by atoms with Gasteiger partial charge in [0.15, 0.2) is 0 Å². The average Bonchev–Trinajstić information content (AvgIpc) is 3.05. The van der Waals surface area contributed by atoms with Gasteiger partial charge in [-0.2, -0.15) is 0 Å². The molecule has 9 nitrogen and oxygen atoms in total. The number of aromatic nitrogens is 2. The summed E-state index contributed by atoms with van der Waals surface area (Å²) in [7, 11) is 3.37. The lowest BCUT2D eigenvalue weighted by Crippen LogP contribution is -2.24. The number of pyridine rings is 2. The second-order valence-corrected chi connectivity index (χ2v) is 10.6. The third kappa shape index (κ3) is 6.94. The second kappa shape index (κ2) is 14.1. The molecule has 0 aliphatic carbocycles. The van der Waals surface area contributed by atoms with Crippen molar-refractivity contribution in [3.05, 3.63) is 135 Å². The largest absolute Gasteiger partial charge is 0.462 e. The number of ether oxygens (including phenoxy) is 2. The van der Waals surface area contributed by atoms with Crippen LogP contribution in [0.4, 0.5) is 8.78 Å². The molecule has 1 amide bonds. The van der Waals surface area contributed by atoms with E-state index in [1.807, 2.05) is 42.3 Å². The van der Waals surface area contributed by atoms with Crippen molar-refractivity contribution in [3.63, 3.8) is 0 Å². The molecule has 5 rings (SSSR count). The van der Waals surface area contributed by atoms with E-state index < -0.39 is 23.0 Å². The minimum Gasteiger partial charge on any atom is -0.462 e. The highest BCUT2D eigenvalue weighted by Crippen LogP contribution is 2.32. The normalized spacial score (nSPS) is 11.1. The number of hydrogen-bond acceptors (Lipinski definition) is 7. The predicted octanol–water partition coefficient (Wildman–Crippen LogP) is 5.68. The van der Waals surface area contributed by atoms with Crippen LogP contribution in [0.5, 0.6) is 11.5 Å². The van der Waals surface area contributed by atoms with E-state index in [2.05, 4.69) is 10.3 Å². The van der Waals surface area contributed by atoms with E-state index in [1.165, 1.54) is 36.1 Å². The molecule has 236 valence electrons. The Morgan fingerprint density at radius 3 is 2.33 bits per heavy atom. The van der Waals surface area contributed by atoms with Crippen LogP contribution in [-0.4, -0.2) is 47.0 Å². The summed E-state index contributed by atoms with van der Waals surface area (Å²) < 4.78 is 42.5. The van der Waals surface area contributed by atoms with Gasteiger partial charge in [-0.05, 0) is 55.9 Å². The Morgan fingerprint density at radius 2 is 1.67 bits per heavy atom. The zero-order valence-electron chi connectivity index (χ0n) is 25.6. The van der Waals surface area contributed by atoms with Gasteiger partial charge in [-0.1, -0.05) is 36.4 Å². The van der Waals surface area contributed by atoms with Gasteiger partial charge in [-0.25, -0.2) is 18.6 Å². The van der Waals surface area contributed by atoms with E-state index in [9.17, 15) is 23.2 Å². The molecule has 2 heterocycles. The van der Waals surface area contributed by atoms with Gasteiger partial charge in [-0.3, -0.25) is 14.5 Å². The maximum absolute atomic E-state index is 14.8. The zero-order chi connectivity index (χ0) is 32.8. The van der Waals surface area contributed by atoms with Crippen molar-refractivity contribution < 1.29 is 27.8 Å². The molecule has 0 spiro atoms. The van der Waals surface area contributed by atoms with Crippen molar-refractivity contribution in [2.75, 3.05) is 20.7 Å². The number of carbonyl (C=O) groups is 2. The average molecular weight is 627 g/mol. The van der Waals surface area contributed by atoms with Gasteiger partial charge < -0.3 is 19.4 Å². The summed E-state index contributed by atoms with van der Waals surface area (Å²) in [4.78, 5) is 45.3. The lowest BCUT2D eigenvalue weighted by Gasteiger charge is -2.22. The van der Waals surface area contributed by atoms with Gasteiger partial charge in [0, 0.05) is 37.5 Å². The molecule has 0 radical (unpaired) electrons. The van der Waals surface area contributed by atoms with Gasteiger partial charge in [0.1, 0.15) is 34.4 Å². The number of carbonyl (C=O) groups excluding carboxylic acids is 2. The molecule has 3 aromatic carbocycles. The number of amides is 1. The first kappa shape index (κ1) is 32.0. The monoisotopic (exact) mass is 626 g/mol.